The van der Waals surface area contributed by atoms with E-state index in [1.165, 1.54) is 9.77 Å². The Labute approximate surface area is 105 Å². The average Bonchev–Trinajstić information content (AvgIpc) is 2.83. The molecule has 0 aliphatic carbocycles. The van der Waals surface area contributed by atoms with Crippen LogP contribution in [0.4, 0.5) is 0 Å². The van der Waals surface area contributed by atoms with Crippen LogP contribution >= 0.6 is 23.1 Å². The van der Waals surface area contributed by atoms with E-state index in [-0.39, 0.29) is 0 Å². The van der Waals surface area contributed by atoms with Gasteiger partial charge in [0.15, 0.2) is 0 Å². The molecule has 0 saturated heterocycles. The minimum Gasteiger partial charge on any atom is -0.312 e. The zero-order valence-corrected chi connectivity index (χ0v) is 10.7. The lowest BCUT2D eigenvalue weighted by Gasteiger charge is -2.03. The highest BCUT2D eigenvalue weighted by molar-refractivity contribution is 8.01. The van der Waals surface area contributed by atoms with Gasteiger partial charge in [-0.25, -0.2) is 0 Å². The first kappa shape index (κ1) is 11.7. The van der Waals surface area contributed by atoms with E-state index in [0.29, 0.717) is 0 Å². The van der Waals surface area contributed by atoms with Gasteiger partial charge < -0.3 is 5.32 Å². The number of hydrogen-bond donors (Lipinski definition) is 1. The Morgan fingerprint density at radius 2 is 1.94 bits per heavy atom. The molecule has 1 aromatic heterocycles. The Hall–Kier alpha value is -0.770. The van der Waals surface area contributed by atoms with E-state index in [1.54, 1.807) is 0 Å². The summed E-state index contributed by atoms with van der Waals surface area (Å²) >= 11 is 3.73. The summed E-state index contributed by atoms with van der Waals surface area (Å²) < 4.78 is 1.40. The fourth-order valence-electron chi connectivity index (χ4n) is 1.40. The first-order chi connectivity index (χ1) is 7.95. The zero-order valence-electron chi connectivity index (χ0n) is 9.06. The van der Waals surface area contributed by atoms with Crippen molar-refractivity contribution in [1.29, 1.82) is 0 Å². The smallest absolute Gasteiger partial charge is 0.0598 e. The zero-order chi connectivity index (χ0) is 11.1. The molecule has 0 bridgehead atoms. The van der Waals surface area contributed by atoms with E-state index in [0.717, 1.165) is 18.8 Å². The largest absolute Gasteiger partial charge is 0.312 e. The molecule has 0 fully saturated rings. The van der Waals surface area contributed by atoms with Crippen LogP contribution in [0.15, 0.2) is 52.1 Å². The Bertz CT molecular complexity index is 384. The molecule has 0 radical (unpaired) electrons. The van der Waals surface area contributed by atoms with Crippen molar-refractivity contribution >= 4 is 23.1 Å². The van der Waals surface area contributed by atoms with Crippen LogP contribution in [-0.4, -0.2) is 12.3 Å². The van der Waals surface area contributed by atoms with Crippen molar-refractivity contribution in [3.05, 3.63) is 53.4 Å². The maximum absolute atomic E-state index is 3.45. The molecule has 1 N–H and O–H groups in total. The maximum atomic E-state index is 3.45. The predicted octanol–water partition coefficient (Wildman–Crippen LogP) is 3.63. The minimum absolute atomic E-state index is 0.964. The summed E-state index contributed by atoms with van der Waals surface area (Å²) in [6.45, 7) is 2.02. The van der Waals surface area contributed by atoms with Gasteiger partial charge >= 0.3 is 0 Å². The van der Waals surface area contributed by atoms with Gasteiger partial charge in [-0.15, -0.1) is 23.1 Å². The normalized spacial score (nSPS) is 10.5. The number of benzene rings is 1. The topological polar surface area (TPSA) is 12.0 Å². The average molecular weight is 249 g/mol. The van der Waals surface area contributed by atoms with E-state index in [2.05, 4.69) is 53.2 Å². The quantitative estimate of drug-likeness (QED) is 0.620. The number of nitrogens with one attached hydrogen (secondary N) is 1. The Morgan fingerprint density at radius 1 is 1.06 bits per heavy atom. The molecule has 3 heteroatoms. The van der Waals surface area contributed by atoms with Gasteiger partial charge in [-0.05, 0) is 17.0 Å². The van der Waals surface area contributed by atoms with Crippen molar-refractivity contribution in [2.75, 3.05) is 12.3 Å². The Kier molecular flexibility index (Phi) is 4.93. The summed E-state index contributed by atoms with van der Waals surface area (Å²) in [5, 5.41) is 5.57. The molecule has 1 heterocycles. The third-order valence-corrected chi connectivity index (χ3v) is 4.32. The van der Waals surface area contributed by atoms with Crippen molar-refractivity contribution < 1.29 is 0 Å². The van der Waals surface area contributed by atoms with Gasteiger partial charge in [0, 0.05) is 18.8 Å². The van der Waals surface area contributed by atoms with Crippen LogP contribution in [0.2, 0.25) is 0 Å². The number of thioether (sulfide) groups is 1. The highest BCUT2D eigenvalue weighted by atomic mass is 32.2. The molecule has 16 heavy (non-hydrogen) atoms. The highest BCUT2D eigenvalue weighted by Gasteiger charge is 1.94. The molecule has 0 unspecified atom stereocenters. The van der Waals surface area contributed by atoms with Gasteiger partial charge in [0.1, 0.15) is 0 Å². The molecular formula is C13H15NS2. The van der Waals surface area contributed by atoms with Gasteiger partial charge in [0.2, 0.25) is 0 Å². The lowest BCUT2D eigenvalue weighted by Crippen LogP contribution is -2.16. The predicted molar refractivity (Wildman–Crippen MR) is 73.2 cm³/mol. The van der Waals surface area contributed by atoms with Crippen LogP contribution in [0, 0.1) is 0 Å². The molecule has 84 valence electrons. The molecule has 1 aromatic carbocycles. The van der Waals surface area contributed by atoms with Crippen molar-refractivity contribution in [2.24, 2.45) is 0 Å². The van der Waals surface area contributed by atoms with Gasteiger partial charge in [0.05, 0.1) is 4.21 Å². The summed E-state index contributed by atoms with van der Waals surface area (Å²) in [6, 6.07) is 14.8. The van der Waals surface area contributed by atoms with Crippen LogP contribution in [0.1, 0.15) is 5.56 Å². The van der Waals surface area contributed by atoms with E-state index < -0.39 is 0 Å². The van der Waals surface area contributed by atoms with E-state index in [1.807, 2.05) is 23.1 Å². The second-order valence-corrected chi connectivity index (χ2v) is 5.79. The van der Waals surface area contributed by atoms with E-state index in [4.69, 9.17) is 0 Å². The lowest BCUT2D eigenvalue weighted by molar-refractivity contribution is 0.732. The van der Waals surface area contributed by atoms with Gasteiger partial charge in [-0.2, -0.15) is 0 Å². The summed E-state index contributed by atoms with van der Waals surface area (Å²) in [7, 11) is 0. The van der Waals surface area contributed by atoms with Gasteiger partial charge in [-0.3, -0.25) is 0 Å². The third-order valence-electron chi connectivity index (χ3n) is 2.19. The number of hydrogen-bond acceptors (Lipinski definition) is 3. The molecule has 0 aliphatic rings. The molecule has 1 nitrogen and oxygen atoms in total. The molecular weight excluding hydrogens is 234 g/mol. The molecule has 0 aliphatic heterocycles. The van der Waals surface area contributed by atoms with Crippen molar-refractivity contribution in [2.45, 2.75) is 10.8 Å². The van der Waals surface area contributed by atoms with Crippen LogP contribution in [0.5, 0.6) is 0 Å². The van der Waals surface area contributed by atoms with Gasteiger partial charge in [-0.1, -0.05) is 36.4 Å². The van der Waals surface area contributed by atoms with Crippen molar-refractivity contribution in [3.63, 3.8) is 0 Å². The summed E-state index contributed by atoms with van der Waals surface area (Å²) in [5.74, 6) is 1.13. The van der Waals surface area contributed by atoms with Crippen LogP contribution in [-0.2, 0) is 6.54 Å². The lowest BCUT2D eigenvalue weighted by atomic mass is 10.2. The monoisotopic (exact) mass is 249 g/mol. The third kappa shape index (κ3) is 4.00. The molecule has 0 amide bonds. The maximum Gasteiger partial charge on any atom is 0.0598 e. The molecule has 0 saturated carbocycles. The molecule has 0 atom stereocenters. The van der Waals surface area contributed by atoms with Gasteiger partial charge in [0.25, 0.3) is 0 Å². The van der Waals surface area contributed by atoms with Crippen molar-refractivity contribution in [3.8, 4) is 0 Å². The van der Waals surface area contributed by atoms with Crippen LogP contribution in [0.25, 0.3) is 0 Å². The SMILES string of the molecule is c1ccc(CNCCSc2cccs2)cc1. The standard InChI is InChI=1S/C13H15NS2/c1-2-5-12(6-3-1)11-14-8-10-16-13-7-4-9-15-13/h1-7,9,14H,8,10-11H2. The number of thiophene rings is 1. The summed E-state index contributed by atoms with van der Waals surface area (Å²) in [6.07, 6.45) is 0. The van der Waals surface area contributed by atoms with E-state index >= 15 is 0 Å². The molecule has 0 spiro atoms. The fourth-order valence-corrected chi connectivity index (χ4v) is 3.16. The second-order valence-electron chi connectivity index (χ2n) is 3.44. The fraction of sp³-hybridized carbons (Fsp3) is 0.231. The van der Waals surface area contributed by atoms with Crippen LogP contribution < -0.4 is 5.32 Å². The first-order valence-electron chi connectivity index (χ1n) is 5.36. The second kappa shape index (κ2) is 6.74. The Morgan fingerprint density at radius 3 is 2.69 bits per heavy atom. The van der Waals surface area contributed by atoms with E-state index in [9.17, 15) is 0 Å². The molecule has 2 aromatic rings. The van der Waals surface area contributed by atoms with Crippen molar-refractivity contribution in [1.82, 2.24) is 5.32 Å². The first-order valence-corrected chi connectivity index (χ1v) is 7.22. The van der Waals surface area contributed by atoms with Crippen LogP contribution in [0.3, 0.4) is 0 Å². The number of rotatable bonds is 6. The summed E-state index contributed by atoms with van der Waals surface area (Å²) in [5.41, 5.74) is 1.35. The minimum atomic E-state index is 0.964. The highest BCUT2D eigenvalue weighted by Crippen LogP contribution is 2.22. The Balaban J connectivity index is 1.59. The molecule has 2 rings (SSSR count). The summed E-state index contributed by atoms with van der Waals surface area (Å²) in [4.78, 5) is 0.